The molecule has 122 valence electrons. The van der Waals surface area contributed by atoms with Gasteiger partial charge in [0.05, 0.1) is 6.54 Å². The summed E-state index contributed by atoms with van der Waals surface area (Å²) in [7, 11) is 0. The Hall–Kier alpha value is -2.11. The number of hydrazine groups is 1. The molecule has 0 saturated carbocycles. The average Bonchev–Trinajstić information content (AvgIpc) is 2.46. The van der Waals surface area contributed by atoms with Crippen LogP contribution in [-0.2, 0) is 5.41 Å². The van der Waals surface area contributed by atoms with Gasteiger partial charge in [-0.2, -0.15) is 0 Å². The largest absolute Gasteiger partial charge is 0.508 e. The molecule has 5 heteroatoms. The van der Waals surface area contributed by atoms with Crippen molar-refractivity contribution < 1.29 is 10.2 Å². The van der Waals surface area contributed by atoms with E-state index in [1.165, 1.54) is 17.7 Å². The Labute approximate surface area is 142 Å². The molecule has 0 fully saturated rings. The quantitative estimate of drug-likeness (QED) is 0.382. The summed E-state index contributed by atoms with van der Waals surface area (Å²) in [5.74, 6) is -0.00889. The van der Waals surface area contributed by atoms with E-state index in [1.54, 1.807) is 6.07 Å². The zero-order valence-electron chi connectivity index (χ0n) is 13.6. The van der Waals surface area contributed by atoms with Crippen LogP contribution in [0.2, 0.25) is 0 Å². The van der Waals surface area contributed by atoms with Crippen LogP contribution in [0.3, 0.4) is 0 Å². The van der Waals surface area contributed by atoms with Crippen molar-refractivity contribution in [1.82, 2.24) is 5.43 Å². The van der Waals surface area contributed by atoms with E-state index in [0.717, 1.165) is 5.69 Å². The van der Waals surface area contributed by atoms with Crippen LogP contribution in [-0.4, -0.2) is 21.6 Å². The van der Waals surface area contributed by atoms with Gasteiger partial charge in [0, 0.05) is 22.2 Å². The summed E-state index contributed by atoms with van der Waals surface area (Å²) in [5.41, 5.74) is 9.00. The number of rotatable bonds is 5. The zero-order valence-corrected chi connectivity index (χ0v) is 14.4. The molecule has 0 amide bonds. The van der Waals surface area contributed by atoms with Gasteiger partial charge in [-0.1, -0.05) is 45.1 Å². The predicted octanol–water partition coefficient (Wildman–Crippen LogP) is 3.73. The molecule has 2 rings (SSSR count). The topological polar surface area (TPSA) is 64.5 Å². The molecule has 0 radical (unpaired) electrons. The standard InChI is InChI=1S/C18H22N2O2S/c1-18(2,3)12-4-6-13(7-5-12)20-19-11-17(23)15-9-8-14(21)10-16(15)22/h4-10,19-22H,11H2,1-3H3. The lowest BCUT2D eigenvalue weighted by Gasteiger charge is -2.19. The van der Waals surface area contributed by atoms with Gasteiger partial charge in [-0.05, 0) is 35.2 Å². The van der Waals surface area contributed by atoms with Gasteiger partial charge in [0.1, 0.15) is 11.5 Å². The molecule has 0 saturated heterocycles. The highest BCUT2D eigenvalue weighted by atomic mass is 32.1. The maximum absolute atomic E-state index is 9.79. The van der Waals surface area contributed by atoms with E-state index in [9.17, 15) is 10.2 Å². The van der Waals surface area contributed by atoms with Gasteiger partial charge in [-0.3, -0.25) is 0 Å². The second-order valence-electron chi connectivity index (χ2n) is 6.43. The van der Waals surface area contributed by atoms with Crippen LogP contribution in [0.4, 0.5) is 5.69 Å². The molecule has 0 aliphatic heterocycles. The van der Waals surface area contributed by atoms with Gasteiger partial charge in [-0.15, -0.1) is 0 Å². The zero-order chi connectivity index (χ0) is 17.0. The van der Waals surface area contributed by atoms with Gasteiger partial charge in [0.2, 0.25) is 0 Å². The minimum Gasteiger partial charge on any atom is -0.508 e. The lowest BCUT2D eigenvalue weighted by molar-refractivity contribution is 0.450. The molecule has 0 atom stereocenters. The van der Waals surface area contributed by atoms with Crippen LogP contribution in [0.25, 0.3) is 0 Å². The summed E-state index contributed by atoms with van der Waals surface area (Å²) in [5, 5.41) is 19.1. The van der Waals surface area contributed by atoms with E-state index in [0.29, 0.717) is 17.0 Å². The number of phenols is 2. The summed E-state index contributed by atoms with van der Waals surface area (Å²) in [6.45, 7) is 6.91. The predicted molar refractivity (Wildman–Crippen MR) is 98.2 cm³/mol. The van der Waals surface area contributed by atoms with E-state index < -0.39 is 0 Å². The van der Waals surface area contributed by atoms with Crippen molar-refractivity contribution in [2.45, 2.75) is 26.2 Å². The molecule has 4 N–H and O–H groups in total. The molecule has 2 aromatic carbocycles. The fraction of sp³-hybridized carbons (Fsp3) is 0.278. The summed E-state index contributed by atoms with van der Waals surface area (Å²) in [6.07, 6.45) is 0. The fourth-order valence-corrected chi connectivity index (χ4v) is 2.38. The van der Waals surface area contributed by atoms with Crippen LogP contribution in [0, 0.1) is 0 Å². The maximum atomic E-state index is 9.79. The molecule has 0 unspecified atom stereocenters. The molecule has 0 aliphatic carbocycles. The van der Waals surface area contributed by atoms with E-state index in [4.69, 9.17) is 12.2 Å². The first-order chi connectivity index (χ1) is 10.8. The number of thiocarbonyl (C=S) groups is 1. The molecule has 0 aromatic heterocycles. The molecule has 0 aliphatic rings. The van der Waals surface area contributed by atoms with Gasteiger partial charge in [0.25, 0.3) is 0 Å². The van der Waals surface area contributed by atoms with Gasteiger partial charge >= 0.3 is 0 Å². The first kappa shape index (κ1) is 17.2. The van der Waals surface area contributed by atoms with E-state index in [1.807, 2.05) is 12.1 Å². The van der Waals surface area contributed by atoms with Crippen LogP contribution in [0.5, 0.6) is 11.5 Å². The Kier molecular flexibility index (Phi) is 5.23. The van der Waals surface area contributed by atoms with Crippen LogP contribution >= 0.6 is 12.2 Å². The van der Waals surface area contributed by atoms with Crippen LogP contribution < -0.4 is 10.9 Å². The van der Waals surface area contributed by atoms with Crippen molar-refractivity contribution >= 4 is 22.8 Å². The van der Waals surface area contributed by atoms with Gasteiger partial charge in [-0.25, -0.2) is 5.43 Å². The highest BCUT2D eigenvalue weighted by molar-refractivity contribution is 7.81. The lowest BCUT2D eigenvalue weighted by atomic mass is 9.87. The Morgan fingerprint density at radius 2 is 1.70 bits per heavy atom. The maximum Gasteiger partial charge on any atom is 0.127 e. The number of benzene rings is 2. The van der Waals surface area contributed by atoms with E-state index in [2.05, 4.69) is 43.8 Å². The SMILES string of the molecule is CC(C)(C)c1ccc(NNCC(=S)c2ccc(O)cc2O)cc1. The molecule has 2 aromatic rings. The Balaban J connectivity index is 1.90. The first-order valence-electron chi connectivity index (χ1n) is 7.42. The minimum absolute atomic E-state index is 0.0130. The highest BCUT2D eigenvalue weighted by Gasteiger charge is 2.12. The summed E-state index contributed by atoms with van der Waals surface area (Å²) in [6, 6.07) is 12.6. The monoisotopic (exact) mass is 330 g/mol. The van der Waals surface area contributed by atoms with Crippen molar-refractivity contribution in [2.75, 3.05) is 12.0 Å². The molecule has 0 bridgehead atoms. The summed E-state index contributed by atoms with van der Waals surface area (Å²) >= 11 is 5.29. The minimum atomic E-state index is -0.0219. The van der Waals surface area contributed by atoms with Gasteiger partial charge in [0.15, 0.2) is 0 Å². The highest BCUT2D eigenvalue weighted by Crippen LogP contribution is 2.24. The molecule has 23 heavy (non-hydrogen) atoms. The van der Waals surface area contributed by atoms with Crippen molar-refractivity contribution in [3.8, 4) is 11.5 Å². The normalized spacial score (nSPS) is 11.3. The molecular weight excluding hydrogens is 308 g/mol. The number of hydrogen-bond donors (Lipinski definition) is 4. The Morgan fingerprint density at radius 3 is 2.26 bits per heavy atom. The molecular formula is C18H22N2O2S. The lowest BCUT2D eigenvalue weighted by Crippen LogP contribution is -2.28. The van der Waals surface area contributed by atoms with E-state index >= 15 is 0 Å². The van der Waals surface area contributed by atoms with Crippen LogP contribution in [0.15, 0.2) is 42.5 Å². The third-order valence-corrected chi connectivity index (χ3v) is 3.88. The number of phenolic OH excluding ortho intramolecular Hbond substituents is 2. The molecule has 0 heterocycles. The molecule has 0 spiro atoms. The smallest absolute Gasteiger partial charge is 0.127 e. The fourth-order valence-electron chi connectivity index (χ4n) is 2.13. The third kappa shape index (κ3) is 4.68. The van der Waals surface area contributed by atoms with Crippen molar-refractivity contribution in [3.05, 3.63) is 53.6 Å². The second kappa shape index (κ2) is 6.98. The van der Waals surface area contributed by atoms with Crippen molar-refractivity contribution in [3.63, 3.8) is 0 Å². The number of aromatic hydroxyl groups is 2. The van der Waals surface area contributed by atoms with E-state index in [-0.39, 0.29) is 16.9 Å². The summed E-state index contributed by atoms with van der Waals surface area (Å²) < 4.78 is 0. The first-order valence-corrected chi connectivity index (χ1v) is 7.83. The third-order valence-electron chi connectivity index (χ3n) is 3.51. The Bertz CT molecular complexity index is 691. The average molecular weight is 330 g/mol. The number of anilines is 1. The van der Waals surface area contributed by atoms with Crippen molar-refractivity contribution in [1.29, 1.82) is 0 Å². The summed E-state index contributed by atoms with van der Waals surface area (Å²) in [4.78, 5) is 0.557. The number of nitrogens with one attached hydrogen (secondary N) is 2. The second-order valence-corrected chi connectivity index (χ2v) is 6.92. The molecule has 4 nitrogen and oxygen atoms in total. The Morgan fingerprint density at radius 1 is 1.04 bits per heavy atom. The van der Waals surface area contributed by atoms with Gasteiger partial charge < -0.3 is 15.6 Å². The van der Waals surface area contributed by atoms with Crippen LogP contribution in [0.1, 0.15) is 31.9 Å². The van der Waals surface area contributed by atoms with Crippen molar-refractivity contribution in [2.24, 2.45) is 0 Å². The number of hydrogen-bond acceptors (Lipinski definition) is 5.